The number of benzene rings is 4. The molecule has 47 heavy (non-hydrogen) atoms. The molecule has 2 aliphatic rings. The Bertz CT molecular complexity index is 1920. The Morgan fingerprint density at radius 3 is 2.38 bits per heavy atom. The van der Waals surface area contributed by atoms with Gasteiger partial charge in [-0.05, 0) is 78.3 Å². The van der Waals surface area contributed by atoms with Gasteiger partial charge in [-0.1, -0.05) is 54.2 Å². The van der Waals surface area contributed by atoms with Crippen molar-refractivity contribution in [2.45, 2.75) is 31.1 Å². The Balaban J connectivity index is 1.29. The Hall–Kier alpha value is -4.86. The molecule has 2 heterocycles. The van der Waals surface area contributed by atoms with Crippen molar-refractivity contribution in [3.05, 3.63) is 123 Å². The van der Waals surface area contributed by atoms with Crippen LogP contribution >= 0.6 is 23.5 Å². The number of rotatable bonds is 8. The van der Waals surface area contributed by atoms with Crippen molar-refractivity contribution in [2.75, 3.05) is 29.1 Å². The number of amidine groups is 1. The van der Waals surface area contributed by atoms with Gasteiger partial charge in [0, 0.05) is 30.7 Å². The van der Waals surface area contributed by atoms with Crippen molar-refractivity contribution in [3.63, 3.8) is 0 Å². The van der Waals surface area contributed by atoms with Gasteiger partial charge in [0.2, 0.25) is 0 Å². The first-order valence-corrected chi connectivity index (χ1v) is 16.4. The van der Waals surface area contributed by atoms with E-state index in [0.29, 0.717) is 41.0 Å². The van der Waals surface area contributed by atoms with Crippen molar-refractivity contribution < 1.29 is 18.0 Å². The molecule has 0 bridgehead atoms. The van der Waals surface area contributed by atoms with E-state index in [1.807, 2.05) is 73.5 Å². The maximum Gasteiger partial charge on any atom is 0.416 e. The van der Waals surface area contributed by atoms with Crippen LogP contribution in [0.4, 0.5) is 35.9 Å². The zero-order valence-corrected chi connectivity index (χ0v) is 27.1. The van der Waals surface area contributed by atoms with Gasteiger partial charge in [-0.2, -0.15) is 18.4 Å². The second-order valence-corrected chi connectivity index (χ2v) is 12.8. The lowest BCUT2D eigenvalue weighted by Crippen LogP contribution is -2.29. The van der Waals surface area contributed by atoms with Crippen LogP contribution in [-0.2, 0) is 24.1 Å². The van der Waals surface area contributed by atoms with Crippen LogP contribution < -0.4 is 15.5 Å². The molecule has 0 aliphatic carbocycles. The number of hydrogen-bond acceptors (Lipinski definition) is 8. The number of fused-ring (bicyclic) bond motifs is 1. The zero-order valence-electron chi connectivity index (χ0n) is 25.4. The molecule has 0 spiro atoms. The molecular weight excluding hydrogens is 642 g/mol. The molecule has 2 aliphatic heterocycles. The summed E-state index contributed by atoms with van der Waals surface area (Å²) < 4.78 is 38.8. The van der Waals surface area contributed by atoms with Gasteiger partial charge < -0.3 is 15.5 Å². The number of nitrogens with one attached hydrogen (secondary N) is 2. The second-order valence-electron chi connectivity index (χ2n) is 10.8. The summed E-state index contributed by atoms with van der Waals surface area (Å²) in [7, 11) is 1.92. The smallest absolute Gasteiger partial charge is 0.384 e. The van der Waals surface area contributed by atoms with Gasteiger partial charge in [-0.15, -0.1) is 0 Å². The van der Waals surface area contributed by atoms with E-state index in [4.69, 9.17) is 4.99 Å². The van der Waals surface area contributed by atoms with E-state index >= 15 is 0 Å². The average molecular weight is 671 g/mol. The van der Waals surface area contributed by atoms with Gasteiger partial charge in [0.05, 0.1) is 45.8 Å². The third-order valence-electron chi connectivity index (χ3n) is 7.56. The maximum absolute atomic E-state index is 14.1. The number of carbonyl (C=O) groups excluding carboxylic acids is 1. The van der Waals surface area contributed by atoms with Crippen LogP contribution in [0.2, 0.25) is 0 Å². The minimum absolute atomic E-state index is 0.165. The summed E-state index contributed by atoms with van der Waals surface area (Å²) in [5.41, 5.74) is 4.55. The lowest BCUT2D eigenvalue weighted by molar-refractivity contribution is -0.137. The molecule has 1 saturated heterocycles. The SMILES string of the molecule is CCNc1ccc(C#N)cc1N=C1S/C(=C2/Sc3cc(NCc4ccc(C(F)(F)F)cc4)ccc3N2C)C(=O)N1Cc1ccccc1. The number of thioether (sulfide) groups is 2. The molecule has 2 N–H and O–H groups in total. The molecule has 238 valence electrons. The first kappa shape index (κ1) is 32.1. The number of halogens is 3. The lowest BCUT2D eigenvalue weighted by Gasteiger charge is -2.17. The molecule has 4 aromatic carbocycles. The molecule has 0 aromatic heterocycles. The lowest BCUT2D eigenvalue weighted by atomic mass is 10.1. The van der Waals surface area contributed by atoms with E-state index in [-0.39, 0.29) is 5.91 Å². The van der Waals surface area contributed by atoms with Gasteiger partial charge in [-0.25, -0.2) is 4.99 Å². The van der Waals surface area contributed by atoms with Crippen molar-refractivity contribution in [3.8, 4) is 6.07 Å². The van der Waals surface area contributed by atoms with Crippen LogP contribution in [0.3, 0.4) is 0 Å². The summed E-state index contributed by atoms with van der Waals surface area (Å²) in [5, 5.41) is 17.4. The Kier molecular flexibility index (Phi) is 9.20. The summed E-state index contributed by atoms with van der Waals surface area (Å²) in [4.78, 5) is 24.2. The van der Waals surface area contributed by atoms with Gasteiger partial charge in [0.1, 0.15) is 4.91 Å². The van der Waals surface area contributed by atoms with Crippen molar-refractivity contribution in [1.29, 1.82) is 5.26 Å². The average Bonchev–Trinajstić information content (AvgIpc) is 3.55. The second kappa shape index (κ2) is 13.5. The monoisotopic (exact) mass is 670 g/mol. The highest BCUT2D eigenvalue weighted by atomic mass is 32.2. The van der Waals surface area contributed by atoms with Gasteiger partial charge in [0.25, 0.3) is 5.91 Å². The van der Waals surface area contributed by atoms with Crippen molar-refractivity contribution in [2.24, 2.45) is 4.99 Å². The Labute approximate surface area is 279 Å². The highest BCUT2D eigenvalue weighted by Crippen LogP contribution is 2.51. The molecule has 0 atom stereocenters. The Morgan fingerprint density at radius 2 is 1.68 bits per heavy atom. The van der Waals surface area contributed by atoms with Gasteiger partial charge >= 0.3 is 6.18 Å². The van der Waals surface area contributed by atoms with E-state index in [2.05, 4.69) is 16.7 Å². The fourth-order valence-electron chi connectivity index (χ4n) is 5.14. The van der Waals surface area contributed by atoms with Crippen LogP contribution in [0.5, 0.6) is 0 Å². The number of nitrogens with zero attached hydrogens (tertiary/aromatic N) is 4. The quantitative estimate of drug-likeness (QED) is 0.181. The molecule has 0 unspecified atom stereocenters. The third kappa shape index (κ3) is 6.96. The van der Waals surface area contributed by atoms with Gasteiger partial charge in [-0.3, -0.25) is 9.69 Å². The minimum atomic E-state index is -4.37. The van der Waals surface area contributed by atoms with Crippen molar-refractivity contribution in [1.82, 2.24) is 4.90 Å². The van der Waals surface area contributed by atoms with E-state index in [9.17, 15) is 23.2 Å². The molecule has 0 saturated carbocycles. The number of nitriles is 1. The number of hydrogen-bond donors (Lipinski definition) is 2. The van der Waals surface area contributed by atoms with Crippen LogP contribution in [0.1, 0.15) is 29.2 Å². The van der Waals surface area contributed by atoms with Crippen molar-refractivity contribution >= 4 is 57.3 Å². The predicted octanol–water partition coefficient (Wildman–Crippen LogP) is 8.80. The predicted molar refractivity (Wildman–Crippen MR) is 183 cm³/mol. The van der Waals surface area contributed by atoms with E-state index in [0.717, 1.165) is 50.2 Å². The summed E-state index contributed by atoms with van der Waals surface area (Å²) in [5.74, 6) is -0.165. The summed E-state index contributed by atoms with van der Waals surface area (Å²) in [6.07, 6.45) is -4.37. The Morgan fingerprint density at radius 1 is 0.915 bits per heavy atom. The van der Waals surface area contributed by atoms with E-state index < -0.39 is 11.7 Å². The highest BCUT2D eigenvalue weighted by molar-refractivity contribution is 8.19. The van der Waals surface area contributed by atoms with Crippen LogP contribution in [-0.4, -0.2) is 29.6 Å². The molecular formula is C35H29F3N6OS2. The van der Waals surface area contributed by atoms with Crippen LogP contribution in [0.15, 0.2) is 111 Å². The van der Waals surface area contributed by atoms with Gasteiger partial charge in [0.15, 0.2) is 5.17 Å². The summed E-state index contributed by atoms with van der Waals surface area (Å²) >= 11 is 2.79. The number of anilines is 3. The number of alkyl halides is 3. The largest absolute Gasteiger partial charge is 0.416 e. The number of carbonyl (C=O) groups is 1. The summed E-state index contributed by atoms with van der Waals surface area (Å²) in [6, 6.07) is 28.1. The first-order chi connectivity index (χ1) is 22.6. The molecule has 4 aromatic rings. The molecule has 1 amide bonds. The van der Waals surface area contributed by atoms with E-state index in [1.54, 1.807) is 17.0 Å². The van der Waals surface area contributed by atoms with Crippen LogP contribution in [0, 0.1) is 11.3 Å². The van der Waals surface area contributed by atoms with Crippen LogP contribution in [0.25, 0.3) is 0 Å². The molecule has 0 radical (unpaired) electrons. The number of amides is 1. The van der Waals surface area contributed by atoms with E-state index in [1.165, 1.54) is 35.7 Å². The fourth-order valence-corrected chi connectivity index (χ4v) is 7.51. The fraction of sp³-hybridized carbons (Fsp3) is 0.171. The third-order valence-corrected chi connectivity index (χ3v) is 9.98. The number of aliphatic imine (C=N–C) groups is 1. The first-order valence-electron chi connectivity index (χ1n) is 14.7. The highest BCUT2D eigenvalue weighted by Gasteiger charge is 2.39. The molecule has 12 heteroatoms. The summed E-state index contributed by atoms with van der Waals surface area (Å²) in [6.45, 7) is 3.33. The topological polar surface area (TPSA) is 83.8 Å². The minimum Gasteiger partial charge on any atom is -0.384 e. The zero-order chi connectivity index (χ0) is 33.1. The maximum atomic E-state index is 14.1. The normalized spacial score (nSPS) is 16.9. The molecule has 6 rings (SSSR count). The molecule has 7 nitrogen and oxygen atoms in total. The molecule has 1 fully saturated rings. The standard InChI is InChI=1S/C35H29F3N6OS2/c1-3-40-27-15-11-24(19-39)17-28(27)42-34-44(21-23-7-5-4-6-8-23)32(45)31(47-34)33-43(2)29-16-14-26(18-30(29)46-33)41-20-22-9-12-25(13-10-22)35(36,37)38/h4-18,40-41H,3,20-21H2,1-2H3/b33-31+,42-34?.